The minimum atomic E-state index is 0.283. The van der Waals surface area contributed by atoms with Crippen molar-refractivity contribution < 1.29 is 9.47 Å². The summed E-state index contributed by atoms with van der Waals surface area (Å²) >= 11 is 0. The summed E-state index contributed by atoms with van der Waals surface area (Å²) in [4.78, 5) is 4.74. The lowest BCUT2D eigenvalue weighted by atomic mass is 10.0. The molecule has 20 heavy (non-hydrogen) atoms. The van der Waals surface area contributed by atoms with Crippen LogP contribution in [0.3, 0.4) is 0 Å². The largest absolute Gasteiger partial charge is 0.454 e. The third-order valence-corrected chi connectivity index (χ3v) is 4.11. The van der Waals surface area contributed by atoms with Crippen LogP contribution >= 0.6 is 0 Å². The van der Waals surface area contributed by atoms with Gasteiger partial charge >= 0.3 is 0 Å². The number of fused-ring (bicyclic) bond motifs is 2. The monoisotopic (exact) mass is 271 g/mol. The predicted octanol–water partition coefficient (Wildman–Crippen LogP) is 2.44. The standard InChI is InChI=1S/C15H17N3O2/c1-9-4-5-18-13(6-9)17-14(15(18)16)10-2-3-11-12(7-10)20-8-19-11/h2-3,7,9H,4-6,8,16H2,1H3. The van der Waals surface area contributed by atoms with Gasteiger partial charge in [0.25, 0.3) is 0 Å². The zero-order valence-corrected chi connectivity index (χ0v) is 11.4. The molecule has 1 atom stereocenters. The van der Waals surface area contributed by atoms with Crippen molar-refractivity contribution in [2.75, 3.05) is 12.5 Å². The summed E-state index contributed by atoms with van der Waals surface area (Å²) in [5, 5.41) is 0. The fraction of sp³-hybridized carbons (Fsp3) is 0.400. The topological polar surface area (TPSA) is 62.3 Å². The molecule has 5 heteroatoms. The number of nitrogen functional groups attached to an aromatic ring is 1. The molecule has 0 spiro atoms. The molecule has 1 aromatic carbocycles. The lowest BCUT2D eigenvalue weighted by Gasteiger charge is -2.20. The van der Waals surface area contributed by atoms with E-state index in [0.717, 1.165) is 53.8 Å². The zero-order chi connectivity index (χ0) is 13.7. The van der Waals surface area contributed by atoms with Gasteiger partial charge in [0.05, 0.1) is 0 Å². The lowest BCUT2D eigenvalue weighted by Crippen LogP contribution is -2.18. The number of aromatic nitrogens is 2. The summed E-state index contributed by atoms with van der Waals surface area (Å²) in [7, 11) is 0. The van der Waals surface area contributed by atoms with E-state index >= 15 is 0 Å². The van der Waals surface area contributed by atoms with Gasteiger partial charge in [0, 0.05) is 18.5 Å². The Morgan fingerprint density at radius 3 is 3.05 bits per heavy atom. The zero-order valence-electron chi connectivity index (χ0n) is 11.4. The molecule has 0 amide bonds. The Hall–Kier alpha value is -2.17. The summed E-state index contributed by atoms with van der Waals surface area (Å²) in [6.07, 6.45) is 2.16. The molecule has 5 nitrogen and oxygen atoms in total. The normalized spacial score (nSPS) is 19.9. The molecule has 4 rings (SSSR count). The van der Waals surface area contributed by atoms with Crippen molar-refractivity contribution in [3.63, 3.8) is 0 Å². The van der Waals surface area contributed by atoms with Crippen molar-refractivity contribution in [3.8, 4) is 22.8 Å². The average Bonchev–Trinajstić information content (AvgIpc) is 3.02. The number of ether oxygens (including phenoxy) is 2. The maximum Gasteiger partial charge on any atom is 0.231 e. The fourth-order valence-electron chi connectivity index (χ4n) is 2.94. The second-order valence-electron chi connectivity index (χ2n) is 5.58. The highest BCUT2D eigenvalue weighted by molar-refractivity contribution is 5.73. The van der Waals surface area contributed by atoms with Gasteiger partial charge in [-0.25, -0.2) is 4.98 Å². The van der Waals surface area contributed by atoms with Gasteiger partial charge in [0.1, 0.15) is 17.3 Å². The van der Waals surface area contributed by atoms with Crippen molar-refractivity contribution in [3.05, 3.63) is 24.0 Å². The Morgan fingerprint density at radius 1 is 1.30 bits per heavy atom. The molecular weight excluding hydrogens is 254 g/mol. The number of nitrogens with two attached hydrogens (primary N) is 1. The predicted molar refractivity (Wildman–Crippen MR) is 75.7 cm³/mol. The van der Waals surface area contributed by atoms with Crippen molar-refractivity contribution in [2.24, 2.45) is 5.92 Å². The first-order valence-electron chi connectivity index (χ1n) is 6.97. The molecule has 0 bridgehead atoms. The highest BCUT2D eigenvalue weighted by Crippen LogP contribution is 2.38. The van der Waals surface area contributed by atoms with Crippen LogP contribution in [0.4, 0.5) is 5.82 Å². The van der Waals surface area contributed by atoms with Gasteiger partial charge in [-0.3, -0.25) is 0 Å². The Bertz CT molecular complexity index is 678. The molecule has 2 aliphatic heterocycles. The molecule has 1 unspecified atom stereocenters. The number of nitrogens with zero attached hydrogens (tertiary/aromatic N) is 2. The number of hydrogen-bond acceptors (Lipinski definition) is 4. The summed E-state index contributed by atoms with van der Waals surface area (Å²) in [5.41, 5.74) is 8.12. The molecule has 0 aliphatic carbocycles. The van der Waals surface area contributed by atoms with Crippen LogP contribution in [0.5, 0.6) is 11.5 Å². The Labute approximate surface area is 117 Å². The molecule has 2 aromatic rings. The van der Waals surface area contributed by atoms with Crippen molar-refractivity contribution in [2.45, 2.75) is 26.3 Å². The third kappa shape index (κ3) is 1.66. The van der Waals surface area contributed by atoms with Crippen molar-refractivity contribution >= 4 is 5.82 Å². The minimum Gasteiger partial charge on any atom is -0.454 e. The summed E-state index contributed by atoms with van der Waals surface area (Å²) < 4.78 is 12.9. The van der Waals surface area contributed by atoms with E-state index in [1.807, 2.05) is 18.2 Å². The summed E-state index contributed by atoms with van der Waals surface area (Å²) in [6.45, 7) is 3.50. The van der Waals surface area contributed by atoms with Gasteiger partial charge in [-0.2, -0.15) is 0 Å². The lowest BCUT2D eigenvalue weighted by molar-refractivity contribution is 0.174. The third-order valence-electron chi connectivity index (χ3n) is 4.11. The van der Waals surface area contributed by atoms with E-state index in [2.05, 4.69) is 11.5 Å². The van der Waals surface area contributed by atoms with Gasteiger partial charge in [0.15, 0.2) is 11.5 Å². The Balaban J connectivity index is 1.79. The highest BCUT2D eigenvalue weighted by atomic mass is 16.7. The van der Waals surface area contributed by atoms with E-state index in [9.17, 15) is 0 Å². The van der Waals surface area contributed by atoms with E-state index in [1.165, 1.54) is 0 Å². The maximum atomic E-state index is 6.28. The molecule has 1 aromatic heterocycles. The van der Waals surface area contributed by atoms with Crippen molar-refractivity contribution in [1.29, 1.82) is 0 Å². The molecule has 0 saturated carbocycles. The molecule has 2 aliphatic rings. The second kappa shape index (κ2) is 4.16. The van der Waals surface area contributed by atoms with Crippen LogP contribution in [0.2, 0.25) is 0 Å². The second-order valence-corrected chi connectivity index (χ2v) is 5.58. The van der Waals surface area contributed by atoms with Crippen LogP contribution in [-0.2, 0) is 13.0 Å². The Kier molecular flexibility index (Phi) is 2.42. The van der Waals surface area contributed by atoms with Crippen LogP contribution in [0.25, 0.3) is 11.3 Å². The van der Waals surface area contributed by atoms with Crippen LogP contribution in [0, 0.1) is 5.92 Å². The number of hydrogen-bond donors (Lipinski definition) is 1. The number of rotatable bonds is 1. The van der Waals surface area contributed by atoms with Gasteiger partial charge in [-0.05, 0) is 30.5 Å². The molecular formula is C15H17N3O2. The summed E-state index contributed by atoms with van der Waals surface area (Å²) in [5.74, 6) is 4.07. The fourth-order valence-corrected chi connectivity index (χ4v) is 2.94. The van der Waals surface area contributed by atoms with Gasteiger partial charge in [-0.1, -0.05) is 6.92 Å². The van der Waals surface area contributed by atoms with Crippen molar-refractivity contribution in [1.82, 2.24) is 9.55 Å². The van der Waals surface area contributed by atoms with Gasteiger partial charge in [-0.15, -0.1) is 0 Å². The van der Waals surface area contributed by atoms with Gasteiger partial charge < -0.3 is 19.8 Å². The average molecular weight is 271 g/mol. The molecule has 0 radical (unpaired) electrons. The van der Waals surface area contributed by atoms with Crippen LogP contribution in [0.15, 0.2) is 18.2 Å². The number of benzene rings is 1. The molecule has 104 valence electrons. The maximum absolute atomic E-state index is 6.28. The number of anilines is 1. The first-order chi connectivity index (χ1) is 9.72. The van der Waals surface area contributed by atoms with E-state index in [4.69, 9.17) is 20.2 Å². The van der Waals surface area contributed by atoms with E-state index in [0.29, 0.717) is 5.92 Å². The highest BCUT2D eigenvalue weighted by Gasteiger charge is 2.23. The van der Waals surface area contributed by atoms with E-state index < -0.39 is 0 Å². The van der Waals surface area contributed by atoms with Crippen LogP contribution in [-0.4, -0.2) is 16.3 Å². The van der Waals surface area contributed by atoms with E-state index in [-0.39, 0.29) is 6.79 Å². The summed E-state index contributed by atoms with van der Waals surface area (Å²) in [6, 6.07) is 5.86. The van der Waals surface area contributed by atoms with Gasteiger partial charge in [0.2, 0.25) is 6.79 Å². The molecule has 0 fully saturated rings. The molecule has 0 saturated heterocycles. The van der Waals surface area contributed by atoms with Crippen LogP contribution in [0.1, 0.15) is 19.2 Å². The first-order valence-corrected chi connectivity index (χ1v) is 6.97. The Morgan fingerprint density at radius 2 is 2.15 bits per heavy atom. The quantitative estimate of drug-likeness (QED) is 0.865. The minimum absolute atomic E-state index is 0.283. The first kappa shape index (κ1) is 11.6. The van der Waals surface area contributed by atoms with E-state index in [1.54, 1.807) is 0 Å². The van der Waals surface area contributed by atoms with Crippen LogP contribution < -0.4 is 15.2 Å². The smallest absolute Gasteiger partial charge is 0.231 e. The molecule has 3 heterocycles. The SMILES string of the molecule is CC1CCn2c(nc(-c3ccc4c(c3)OCO4)c2N)C1. The molecule has 2 N–H and O–H groups in total. The number of imidazole rings is 1.